The van der Waals surface area contributed by atoms with E-state index in [1.54, 1.807) is 39.0 Å². The number of rotatable bonds is 3. The van der Waals surface area contributed by atoms with Gasteiger partial charge in [-0.1, -0.05) is 11.6 Å². The normalized spacial score (nSPS) is 11.0. The van der Waals surface area contributed by atoms with Crippen molar-refractivity contribution in [3.8, 4) is 0 Å². The predicted molar refractivity (Wildman–Crippen MR) is 74.5 cm³/mol. The van der Waals surface area contributed by atoms with Crippen LogP contribution in [0.1, 0.15) is 43.6 Å². The van der Waals surface area contributed by atoms with E-state index < -0.39 is 11.7 Å². The molecule has 104 valence electrons. The van der Waals surface area contributed by atoms with E-state index in [0.29, 0.717) is 16.1 Å². The first kappa shape index (κ1) is 15.5. The highest BCUT2D eigenvalue weighted by molar-refractivity contribution is 6.31. The first-order valence-electron chi connectivity index (χ1n) is 5.95. The van der Waals surface area contributed by atoms with Gasteiger partial charge in [-0.3, -0.25) is 4.79 Å². The van der Waals surface area contributed by atoms with Crippen molar-refractivity contribution >= 4 is 23.5 Å². The number of carbonyl (C=O) groups is 2. The highest BCUT2D eigenvalue weighted by Gasteiger charge is 2.16. The van der Waals surface area contributed by atoms with Gasteiger partial charge in [-0.25, -0.2) is 4.79 Å². The van der Waals surface area contributed by atoms with E-state index >= 15 is 0 Å². The summed E-state index contributed by atoms with van der Waals surface area (Å²) in [4.78, 5) is 22.8. The number of amides is 1. The second-order valence-electron chi connectivity index (χ2n) is 5.22. The first-order valence-corrected chi connectivity index (χ1v) is 6.33. The van der Waals surface area contributed by atoms with Gasteiger partial charge in [0.1, 0.15) is 5.60 Å². The van der Waals surface area contributed by atoms with Crippen LogP contribution in [0.2, 0.25) is 5.02 Å². The number of benzene rings is 1. The molecule has 1 amide bonds. The van der Waals surface area contributed by atoms with E-state index in [2.05, 4.69) is 5.32 Å². The molecule has 4 nitrogen and oxygen atoms in total. The maximum atomic E-state index is 11.5. The van der Waals surface area contributed by atoms with Crippen LogP contribution >= 0.6 is 11.6 Å². The summed E-state index contributed by atoms with van der Waals surface area (Å²) in [6.45, 7) is 7.06. The zero-order valence-corrected chi connectivity index (χ0v) is 12.3. The van der Waals surface area contributed by atoms with Gasteiger partial charge < -0.3 is 10.1 Å². The Kier molecular flexibility index (Phi) is 4.95. The minimum absolute atomic E-state index is 0.0461. The topological polar surface area (TPSA) is 55.4 Å². The van der Waals surface area contributed by atoms with E-state index in [1.165, 1.54) is 6.92 Å². The quantitative estimate of drug-likeness (QED) is 0.863. The number of nitrogens with one attached hydrogen (secondary N) is 1. The van der Waals surface area contributed by atoms with E-state index in [-0.39, 0.29) is 12.3 Å². The summed E-state index contributed by atoms with van der Waals surface area (Å²) in [6.07, 6.45) is -0.517. The molecule has 0 aromatic heterocycles. The standard InChI is InChI=1S/C14H18ClNO3/c1-9(17)10-5-6-12(15)11(7-10)8-16-13(18)19-14(2,3)4/h5-7H,8H2,1-4H3,(H,16,18). The van der Waals surface area contributed by atoms with Crippen LogP contribution in [-0.4, -0.2) is 17.5 Å². The molecular formula is C14H18ClNO3. The Morgan fingerprint density at radius 2 is 1.95 bits per heavy atom. The number of hydrogen-bond acceptors (Lipinski definition) is 3. The van der Waals surface area contributed by atoms with Crippen molar-refractivity contribution in [2.45, 2.75) is 39.8 Å². The van der Waals surface area contributed by atoms with Crippen LogP contribution in [0.3, 0.4) is 0 Å². The highest BCUT2D eigenvalue weighted by atomic mass is 35.5. The smallest absolute Gasteiger partial charge is 0.407 e. The van der Waals surface area contributed by atoms with Crippen molar-refractivity contribution in [3.05, 3.63) is 34.3 Å². The lowest BCUT2D eigenvalue weighted by atomic mass is 10.1. The number of ether oxygens (including phenoxy) is 1. The minimum atomic E-state index is -0.547. The zero-order chi connectivity index (χ0) is 14.6. The lowest BCUT2D eigenvalue weighted by molar-refractivity contribution is 0.0523. The lowest BCUT2D eigenvalue weighted by Crippen LogP contribution is -2.32. The fourth-order valence-corrected chi connectivity index (χ4v) is 1.60. The number of alkyl carbamates (subject to hydrolysis) is 1. The van der Waals surface area contributed by atoms with Gasteiger partial charge in [0, 0.05) is 17.1 Å². The van der Waals surface area contributed by atoms with E-state index in [9.17, 15) is 9.59 Å². The van der Waals surface area contributed by atoms with Crippen molar-refractivity contribution in [3.63, 3.8) is 0 Å². The monoisotopic (exact) mass is 283 g/mol. The van der Waals surface area contributed by atoms with E-state index in [4.69, 9.17) is 16.3 Å². The third-order valence-electron chi connectivity index (χ3n) is 2.27. The molecule has 0 aliphatic heterocycles. The Labute approximate surface area is 118 Å². The van der Waals surface area contributed by atoms with Gasteiger partial charge in [0.2, 0.25) is 0 Å². The lowest BCUT2D eigenvalue weighted by Gasteiger charge is -2.19. The maximum absolute atomic E-state index is 11.5. The fraction of sp³-hybridized carbons (Fsp3) is 0.429. The van der Waals surface area contributed by atoms with Gasteiger partial charge in [0.15, 0.2) is 5.78 Å². The van der Waals surface area contributed by atoms with Gasteiger partial charge >= 0.3 is 6.09 Å². The van der Waals surface area contributed by atoms with E-state index in [1.807, 2.05) is 0 Å². The molecule has 1 aromatic carbocycles. The second-order valence-corrected chi connectivity index (χ2v) is 5.63. The van der Waals surface area contributed by atoms with Crippen LogP contribution in [0.5, 0.6) is 0 Å². The summed E-state index contributed by atoms with van der Waals surface area (Å²) >= 11 is 6.01. The van der Waals surface area contributed by atoms with Crippen LogP contribution in [0.15, 0.2) is 18.2 Å². The summed E-state index contributed by atoms with van der Waals surface area (Å²) in [5, 5.41) is 3.11. The molecule has 0 spiro atoms. The largest absolute Gasteiger partial charge is 0.444 e. The molecule has 0 fully saturated rings. The third-order valence-corrected chi connectivity index (χ3v) is 2.64. The van der Waals surface area contributed by atoms with Crippen molar-refractivity contribution < 1.29 is 14.3 Å². The molecule has 5 heteroatoms. The number of ketones is 1. The molecular weight excluding hydrogens is 266 g/mol. The molecule has 0 unspecified atom stereocenters. The highest BCUT2D eigenvalue weighted by Crippen LogP contribution is 2.18. The van der Waals surface area contributed by atoms with Crippen LogP contribution in [0, 0.1) is 0 Å². The van der Waals surface area contributed by atoms with E-state index in [0.717, 1.165) is 0 Å². The SMILES string of the molecule is CC(=O)c1ccc(Cl)c(CNC(=O)OC(C)(C)C)c1. The number of halogens is 1. The molecule has 0 saturated carbocycles. The molecule has 0 radical (unpaired) electrons. The van der Waals surface area contributed by atoms with Crippen molar-refractivity contribution in [1.82, 2.24) is 5.32 Å². The summed E-state index contributed by atoms with van der Waals surface area (Å²) in [6, 6.07) is 4.97. The average molecular weight is 284 g/mol. The zero-order valence-electron chi connectivity index (χ0n) is 11.5. The van der Waals surface area contributed by atoms with Gasteiger partial charge in [-0.05, 0) is 51.5 Å². The van der Waals surface area contributed by atoms with Crippen LogP contribution < -0.4 is 5.32 Å². The third kappa shape index (κ3) is 5.30. The maximum Gasteiger partial charge on any atom is 0.407 e. The summed E-state index contributed by atoms with van der Waals surface area (Å²) in [7, 11) is 0. The summed E-state index contributed by atoms with van der Waals surface area (Å²) < 4.78 is 5.12. The van der Waals surface area contributed by atoms with Crippen LogP contribution in [-0.2, 0) is 11.3 Å². The second kappa shape index (κ2) is 6.06. The van der Waals surface area contributed by atoms with Crippen molar-refractivity contribution in [2.24, 2.45) is 0 Å². The molecule has 1 rings (SSSR count). The molecule has 0 saturated heterocycles. The van der Waals surface area contributed by atoms with Gasteiger partial charge in [-0.2, -0.15) is 0 Å². The van der Waals surface area contributed by atoms with Crippen LogP contribution in [0.4, 0.5) is 4.79 Å². The molecule has 0 atom stereocenters. The molecule has 0 aliphatic carbocycles. The molecule has 1 N–H and O–H groups in total. The fourth-order valence-electron chi connectivity index (χ4n) is 1.41. The van der Waals surface area contributed by atoms with Crippen LogP contribution in [0.25, 0.3) is 0 Å². The predicted octanol–water partition coefficient (Wildman–Crippen LogP) is 3.57. The minimum Gasteiger partial charge on any atom is -0.444 e. The Bertz CT molecular complexity index is 492. The van der Waals surface area contributed by atoms with Gasteiger partial charge in [0.05, 0.1) is 0 Å². The molecule has 1 aromatic rings. The van der Waals surface area contributed by atoms with Crippen molar-refractivity contribution in [2.75, 3.05) is 0 Å². The Hall–Kier alpha value is -1.55. The summed E-state index contributed by atoms with van der Waals surface area (Å²) in [5.41, 5.74) is 0.695. The average Bonchev–Trinajstić information content (AvgIpc) is 2.25. The number of carbonyl (C=O) groups excluding carboxylic acids is 2. The van der Waals surface area contributed by atoms with Gasteiger partial charge in [-0.15, -0.1) is 0 Å². The molecule has 0 bridgehead atoms. The summed E-state index contributed by atoms with van der Waals surface area (Å²) in [5.74, 6) is -0.0461. The van der Waals surface area contributed by atoms with Gasteiger partial charge in [0.25, 0.3) is 0 Å². The van der Waals surface area contributed by atoms with Crippen molar-refractivity contribution in [1.29, 1.82) is 0 Å². The number of Topliss-reactive ketones (excluding diaryl/α,β-unsaturated/α-hetero) is 1. The molecule has 0 heterocycles. The first-order chi connectivity index (χ1) is 8.69. The molecule has 0 aliphatic rings. The Morgan fingerprint density at radius 3 is 2.47 bits per heavy atom. The molecule has 19 heavy (non-hydrogen) atoms. The Morgan fingerprint density at radius 1 is 1.32 bits per heavy atom. The Balaban J connectivity index is 2.70. The number of hydrogen-bond donors (Lipinski definition) is 1.